The summed E-state index contributed by atoms with van der Waals surface area (Å²) in [6.45, 7) is 1.76. The highest BCUT2D eigenvalue weighted by Crippen LogP contribution is 2.37. The number of rotatable bonds is 4. The molecule has 0 aliphatic rings. The maximum absolute atomic E-state index is 11.4. The number of hydrogen-bond acceptors (Lipinski definition) is 3. The Morgan fingerprint density at radius 1 is 1.05 bits per heavy atom. The van der Waals surface area contributed by atoms with E-state index in [9.17, 15) is 4.79 Å². The molecule has 0 saturated heterocycles. The van der Waals surface area contributed by atoms with Crippen molar-refractivity contribution in [1.29, 1.82) is 0 Å². The minimum Gasteiger partial charge on any atom is -0.492 e. The Labute approximate surface area is 112 Å². The molecule has 2 rings (SSSR count). The number of carbonyl (C=O) groups excluding carboxylic acids is 1. The zero-order valence-corrected chi connectivity index (χ0v) is 11.1. The number of para-hydroxylation sites is 1. The summed E-state index contributed by atoms with van der Waals surface area (Å²) < 4.78 is 10.7. The molecular weight excluding hydrogens is 240 g/mol. The Hall–Kier alpha value is -2.29. The van der Waals surface area contributed by atoms with Crippen LogP contribution in [0.5, 0.6) is 11.5 Å². The average Bonchev–Trinajstić information content (AvgIpc) is 2.47. The van der Waals surface area contributed by atoms with Crippen LogP contribution < -0.4 is 9.47 Å². The number of ether oxygens (including phenoxy) is 2. The fraction of sp³-hybridized carbons (Fsp3) is 0.188. The Morgan fingerprint density at radius 2 is 1.79 bits per heavy atom. The molecule has 98 valence electrons. The fourth-order valence-electron chi connectivity index (χ4n) is 1.85. The van der Waals surface area contributed by atoms with Gasteiger partial charge < -0.3 is 9.47 Å². The quantitative estimate of drug-likeness (QED) is 0.618. The van der Waals surface area contributed by atoms with E-state index < -0.39 is 0 Å². The van der Waals surface area contributed by atoms with Crippen LogP contribution in [0.4, 0.5) is 0 Å². The van der Waals surface area contributed by atoms with Crippen molar-refractivity contribution in [2.75, 3.05) is 7.11 Å². The largest absolute Gasteiger partial charge is 0.492 e. The van der Waals surface area contributed by atoms with Crippen LogP contribution in [-0.4, -0.2) is 13.1 Å². The summed E-state index contributed by atoms with van der Waals surface area (Å²) in [5, 5.41) is 0. The molecule has 0 saturated carbocycles. The fourth-order valence-corrected chi connectivity index (χ4v) is 1.85. The lowest BCUT2D eigenvalue weighted by Crippen LogP contribution is -2.07. The smallest absolute Gasteiger partial charge is 0.311 e. The zero-order valence-electron chi connectivity index (χ0n) is 11.1. The molecular formula is C16H16O3. The van der Waals surface area contributed by atoms with Gasteiger partial charge in [-0.1, -0.05) is 49.4 Å². The van der Waals surface area contributed by atoms with Gasteiger partial charge in [0, 0.05) is 12.0 Å². The summed E-state index contributed by atoms with van der Waals surface area (Å²) in [4.78, 5) is 11.4. The monoisotopic (exact) mass is 256 g/mol. The van der Waals surface area contributed by atoms with Gasteiger partial charge in [-0.3, -0.25) is 4.79 Å². The molecule has 0 bridgehead atoms. The standard InChI is InChI=1S/C16H16O3/c1-3-15(17)19-14-11-7-10-13(16(14)18-2)12-8-5-4-6-9-12/h4-11H,3H2,1-2H3. The maximum Gasteiger partial charge on any atom is 0.311 e. The minimum atomic E-state index is -0.275. The Balaban J connectivity index is 2.45. The van der Waals surface area contributed by atoms with Gasteiger partial charge in [-0.2, -0.15) is 0 Å². The molecule has 2 aromatic carbocycles. The van der Waals surface area contributed by atoms with E-state index in [1.807, 2.05) is 42.5 Å². The highest BCUT2D eigenvalue weighted by molar-refractivity contribution is 5.78. The SMILES string of the molecule is CCC(=O)Oc1cccc(-c2ccccc2)c1OC. The third kappa shape index (κ3) is 2.94. The number of benzene rings is 2. The van der Waals surface area contributed by atoms with Crippen LogP contribution in [0.25, 0.3) is 11.1 Å². The molecule has 0 atom stereocenters. The molecule has 0 N–H and O–H groups in total. The summed E-state index contributed by atoms with van der Waals surface area (Å²) >= 11 is 0. The predicted molar refractivity (Wildman–Crippen MR) is 74.4 cm³/mol. The molecule has 2 aromatic rings. The first-order valence-corrected chi connectivity index (χ1v) is 6.19. The molecule has 3 heteroatoms. The second kappa shape index (κ2) is 6.05. The van der Waals surface area contributed by atoms with Gasteiger partial charge in [0.05, 0.1) is 7.11 Å². The van der Waals surface area contributed by atoms with Crippen molar-refractivity contribution >= 4 is 5.97 Å². The molecule has 0 heterocycles. The normalized spacial score (nSPS) is 10.0. The van der Waals surface area contributed by atoms with Crippen LogP contribution in [0.15, 0.2) is 48.5 Å². The minimum absolute atomic E-state index is 0.275. The number of hydrogen-bond donors (Lipinski definition) is 0. The number of carbonyl (C=O) groups is 1. The van der Waals surface area contributed by atoms with Gasteiger partial charge in [-0.25, -0.2) is 0 Å². The van der Waals surface area contributed by atoms with Crippen LogP contribution in [-0.2, 0) is 4.79 Å². The number of methoxy groups -OCH3 is 1. The van der Waals surface area contributed by atoms with E-state index in [2.05, 4.69) is 0 Å². The van der Waals surface area contributed by atoms with Gasteiger partial charge >= 0.3 is 5.97 Å². The van der Waals surface area contributed by atoms with E-state index in [0.29, 0.717) is 17.9 Å². The summed E-state index contributed by atoms with van der Waals surface area (Å²) in [5.74, 6) is 0.759. The summed E-state index contributed by atoms with van der Waals surface area (Å²) in [7, 11) is 1.57. The first kappa shape index (κ1) is 13.1. The second-order valence-electron chi connectivity index (χ2n) is 4.03. The van der Waals surface area contributed by atoms with Crippen LogP contribution in [0, 0.1) is 0 Å². The molecule has 3 nitrogen and oxygen atoms in total. The number of esters is 1. The topological polar surface area (TPSA) is 35.5 Å². The van der Waals surface area contributed by atoms with Gasteiger partial charge in [0.15, 0.2) is 11.5 Å². The van der Waals surface area contributed by atoms with Gasteiger partial charge in [-0.15, -0.1) is 0 Å². The van der Waals surface area contributed by atoms with Gasteiger partial charge in [0.25, 0.3) is 0 Å². The first-order chi connectivity index (χ1) is 9.26. The van der Waals surface area contributed by atoms with Crippen LogP contribution >= 0.6 is 0 Å². The predicted octanol–water partition coefficient (Wildman–Crippen LogP) is 3.68. The van der Waals surface area contributed by atoms with Gasteiger partial charge in [0.1, 0.15) is 0 Å². The van der Waals surface area contributed by atoms with Crippen molar-refractivity contribution in [3.8, 4) is 22.6 Å². The third-order valence-electron chi connectivity index (χ3n) is 2.78. The van der Waals surface area contributed by atoms with Crippen molar-refractivity contribution in [2.24, 2.45) is 0 Å². The van der Waals surface area contributed by atoms with E-state index in [-0.39, 0.29) is 5.97 Å². The lowest BCUT2D eigenvalue weighted by atomic mass is 10.0. The van der Waals surface area contributed by atoms with Crippen molar-refractivity contribution in [2.45, 2.75) is 13.3 Å². The van der Waals surface area contributed by atoms with Crippen LogP contribution in [0.1, 0.15) is 13.3 Å². The summed E-state index contributed by atoms with van der Waals surface area (Å²) in [6, 6.07) is 15.4. The highest BCUT2D eigenvalue weighted by Gasteiger charge is 2.13. The molecule has 0 fully saturated rings. The summed E-state index contributed by atoms with van der Waals surface area (Å²) in [5.41, 5.74) is 1.93. The van der Waals surface area contributed by atoms with E-state index in [1.54, 1.807) is 20.1 Å². The van der Waals surface area contributed by atoms with Crippen molar-refractivity contribution < 1.29 is 14.3 Å². The lowest BCUT2D eigenvalue weighted by Gasteiger charge is -2.13. The van der Waals surface area contributed by atoms with E-state index in [0.717, 1.165) is 11.1 Å². The van der Waals surface area contributed by atoms with Crippen molar-refractivity contribution in [3.05, 3.63) is 48.5 Å². The summed E-state index contributed by atoms with van der Waals surface area (Å²) in [6.07, 6.45) is 0.332. The molecule has 0 aliphatic heterocycles. The molecule has 19 heavy (non-hydrogen) atoms. The second-order valence-corrected chi connectivity index (χ2v) is 4.03. The molecule has 0 spiro atoms. The Bertz CT molecular complexity index is 561. The van der Waals surface area contributed by atoms with Crippen molar-refractivity contribution in [1.82, 2.24) is 0 Å². The Morgan fingerprint density at radius 3 is 2.42 bits per heavy atom. The van der Waals surface area contributed by atoms with Crippen LogP contribution in [0.3, 0.4) is 0 Å². The zero-order chi connectivity index (χ0) is 13.7. The third-order valence-corrected chi connectivity index (χ3v) is 2.78. The molecule has 0 radical (unpaired) electrons. The molecule has 0 unspecified atom stereocenters. The van der Waals surface area contributed by atoms with E-state index in [4.69, 9.17) is 9.47 Å². The van der Waals surface area contributed by atoms with Gasteiger partial charge in [0.2, 0.25) is 0 Å². The molecule has 0 aliphatic carbocycles. The first-order valence-electron chi connectivity index (χ1n) is 6.19. The maximum atomic E-state index is 11.4. The van der Waals surface area contributed by atoms with E-state index in [1.165, 1.54) is 0 Å². The Kier molecular flexibility index (Phi) is 4.18. The van der Waals surface area contributed by atoms with E-state index >= 15 is 0 Å². The van der Waals surface area contributed by atoms with Crippen molar-refractivity contribution in [3.63, 3.8) is 0 Å². The highest BCUT2D eigenvalue weighted by atomic mass is 16.6. The average molecular weight is 256 g/mol. The lowest BCUT2D eigenvalue weighted by molar-refractivity contribution is -0.134. The van der Waals surface area contributed by atoms with Crippen LogP contribution in [0.2, 0.25) is 0 Å². The molecule has 0 amide bonds. The van der Waals surface area contributed by atoms with Gasteiger partial charge in [-0.05, 0) is 11.6 Å². The molecule has 0 aromatic heterocycles.